The van der Waals surface area contributed by atoms with Crippen LogP contribution in [0.5, 0.6) is 0 Å². The van der Waals surface area contributed by atoms with Crippen LogP contribution in [0.4, 0.5) is 5.69 Å². The monoisotopic (exact) mass is 282 g/mol. The second-order valence-electron chi connectivity index (χ2n) is 5.92. The van der Waals surface area contributed by atoms with Crippen LogP contribution < -0.4 is 5.32 Å². The molecule has 1 aromatic rings. The Bertz CT molecular complexity index is 515. The van der Waals surface area contributed by atoms with Crippen LogP contribution in [0.2, 0.25) is 0 Å². The van der Waals surface area contributed by atoms with Gasteiger partial charge in [-0.2, -0.15) is 0 Å². The fraction of sp³-hybridized carbons (Fsp3) is 0.643. The van der Waals surface area contributed by atoms with Gasteiger partial charge >= 0.3 is 0 Å². The summed E-state index contributed by atoms with van der Waals surface area (Å²) >= 11 is 0. The number of hydrogen-bond acceptors (Lipinski definition) is 4. The molecule has 106 valence electrons. The molecule has 19 heavy (non-hydrogen) atoms. The highest BCUT2D eigenvalue weighted by Gasteiger charge is 2.23. The predicted molar refractivity (Wildman–Crippen MR) is 76.9 cm³/mol. The number of rotatable bonds is 3. The summed E-state index contributed by atoms with van der Waals surface area (Å²) in [5.74, 6) is 1.48. The number of nitrogens with one attached hydrogen (secondary N) is 1. The maximum Gasteiger partial charge on any atom is 0.192 e. The van der Waals surface area contributed by atoms with Crippen LogP contribution in [0.3, 0.4) is 0 Å². The van der Waals surface area contributed by atoms with Gasteiger partial charge in [-0.05, 0) is 43.2 Å². The standard InChI is InChI=1S/C14H22N2O2S/c1-10-6-11(2)8-13(7-10)16-12-4-5-14(15-9-12)19(3,17)18/h4-5,9-11,13,16H,6-8H2,1-3H3. The first-order valence-corrected chi connectivity index (χ1v) is 8.66. The van der Waals surface area contributed by atoms with Crippen molar-refractivity contribution in [2.24, 2.45) is 11.8 Å². The molecule has 1 fully saturated rings. The van der Waals surface area contributed by atoms with Gasteiger partial charge in [-0.25, -0.2) is 13.4 Å². The maximum atomic E-state index is 11.3. The summed E-state index contributed by atoms with van der Waals surface area (Å²) in [5.41, 5.74) is 0.902. The first kappa shape index (κ1) is 14.3. The third kappa shape index (κ3) is 3.93. The number of hydrogen-bond donors (Lipinski definition) is 1. The van der Waals surface area contributed by atoms with E-state index in [0.29, 0.717) is 6.04 Å². The van der Waals surface area contributed by atoms with Crippen LogP contribution in [0.25, 0.3) is 0 Å². The minimum Gasteiger partial charge on any atom is -0.381 e. The lowest BCUT2D eigenvalue weighted by Crippen LogP contribution is -2.30. The minimum atomic E-state index is -3.21. The average molecular weight is 282 g/mol. The Morgan fingerprint density at radius 1 is 1.16 bits per heavy atom. The molecule has 5 heteroatoms. The van der Waals surface area contributed by atoms with Gasteiger partial charge in [-0.1, -0.05) is 13.8 Å². The van der Waals surface area contributed by atoms with E-state index < -0.39 is 9.84 Å². The minimum absolute atomic E-state index is 0.128. The first-order valence-electron chi connectivity index (χ1n) is 6.77. The van der Waals surface area contributed by atoms with E-state index in [-0.39, 0.29) is 5.03 Å². The number of aromatic nitrogens is 1. The molecule has 1 aliphatic rings. The molecule has 0 aliphatic heterocycles. The van der Waals surface area contributed by atoms with Gasteiger partial charge in [0.05, 0.1) is 11.9 Å². The zero-order valence-electron chi connectivity index (χ0n) is 11.8. The molecule has 1 aliphatic carbocycles. The van der Waals surface area contributed by atoms with Gasteiger partial charge in [-0.15, -0.1) is 0 Å². The number of nitrogens with zero attached hydrogens (tertiary/aromatic N) is 1. The quantitative estimate of drug-likeness (QED) is 0.926. The Labute approximate surface area is 115 Å². The first-order chi connectivity index (χ1) is 8.84. The second-order valence-corrected chi connectivity index (χ2v) is 7.88. The van der Waals surface area contributed by atoms with Crippen molar-refractivity contribution in [2.45, 2.75) is 44.2 Å². The summed E-state index contributed by atoms with van der Waals surface area (Å²) < 4.78 is 22.7. The summed E-state index contributed by atoms with van der Waals surface area (Å²) in [5, 5.41) is 3.59. The molecular formula is C14H22N2O2S. The van der Waals surface area contributed by atoms with Crippen molar-refractivity contribution in [3.63, 3.8) is 0 Å². The van der Waals surface area contributed by atoms with Gasteiger partial charge in [0.15, 0.2) is 14.9 Å². The van der Waals surface area contributed by atoms with Crippen molar-refractivity contribution >= 4 is 15.5 Å². The van der Waals surface area contributed by atoms with Gasteiger partial charge < -0.3 is 5.32 Å². The van der Waals surface area contributed by atoms with Crippen LogP contribution in [0.1, 0.15) is 33.1 Å². The molecule has 1 heterocycles. The molecule has 2 unspecified atom stereocenters. The summed E-state index contributed by atoms with van der Waals surface area (Å²) in [6.45, 7) is 4.57. The van der Waals surface area contributed by atoms with Crippen LogP contribution in [-0.4, -0.2) is 25.7 Å². The summed E-state index contributed by atoms with van der Waals surface area (Å²) in [6.07, 6.45) is 6.41. The zero-order valence-corrected chi connectivity index (χ0v) is 12.6. The summed E-state index contributed by atoms with van der Waals surface area (Å²) in [6, 6.07) is 3.82. The van der Waals surface area contributed by atoms with E-state index in [1.165, 1.54) is 12.7 Å². The Balaban J connectivity index is 2.03. The fourth-order valence-corrected chi connectivity index (χ4v) is 3.54. The molecular weight excluding hydrogens is 260 g/mol. The highest BCUT2D eigenvalue weighted by molar-refractivity contribution is 7.90. The van der Waals surface area contributed by atoms with Crippen molar-refractivity contribution in [1.29, 1.82) is 0 Å². The van der Waals surface area contributed by atoms with Gasteiger partial charge in [-0.3, -0.25) is 0 Å². The van der Waals surface area contributed by atoms with Gasteiger partial charge in [0.25, 0.3) is 0 Å². The van der Waals surface area contributed by atoms with Crippen molar-refractivity contribution in [2.75, 3.05) is 11.6 Å². The van der Waals surface area contributed by atoms with Crippen LogP contribution in [0, 0.1) is 11.8 Å². The molecule has 1 saturated carbocycles. The molecule has 2 atom stereocenters. The predicted octanol–water partition coefficient (Wildman–Crippen LogP) is 2.72. The van der Waals surface area contributed by atoms with E-state index in [1.54, 1.807) is 18.3 Å². The fourth-order valence-electron chi connectivity index (χ4n) is 2.99. The van der Waals surface area contributed by atoms with E-state index >= 15 is 0 Å². The summed E-state index contributed by atoms with van der Waals surface area (Å²) in [4.78, 5) is 4.00. The van der Waals surface area contributed by atoms with E-state index in [1.807, 2.05) is 0 Å². The van der Waals surface area contributed by atoms with E-state index in [4.69, 9.17) is 0 Å². The van der Waals surface area contributed by atoms with Gasteiger partial charge in [0.2, 0.25) is 0 Å². The van der Waals surface area contributed by atoms with E-state index in [9.17, 15) is 8.42 Å². The number of anilines is 1. The lowest BCUT2D eigenvalue weighted by molar-refractivity contribution is 0.281. The van der Waals surface area contributed by atoms with Gasteiger partial charge in [0.1, 0.15) is 0 Å². The zero-order chi connectivity index (χ0) is 14.0. The van der Waals surface area contributed by atoms with E-state index in [0.717, 1.165) is 30.4 Å². The normalized spacial score (nSPS) is 28.1. The van der Waals surface area contributed by atoms with Crippen molar-refractivity contribution in [3.8, 4) is 0 Å². The van der Waals surface area contributed by atoms with Crippen LogP contribution in [-0.2, 0) is 9.84 Å². The number of sulfone groups is 1. The lowest BCUT2D eigenvalue weighted by atomic mass is 9.80. The second kappa shape index (κ2) is 5.49. The molecule has 0 aromatic carbocycles. The molecule has 4 nitrogen and oxygen atoms in total. The highest BCUT2D eigenvalue weighted by Crippen LogP contribution is 2.30. The van der Waals surface area contributed by atoms with Gasteiger partial charge in [0, 0.05) is 12.3 Å². The Hall–Kier alpha value is -1.10. The third-order valence-electron chi connectivity index (χ3n) is 3.67. The van der Waals surface area contributed by atoms with Crippen molar-refractivity contribution in [3.05, 3.63) is 18.3 Å². The topological polar surface area (TPSA) is 59.1 Å². The van der Waals surface area contributed by atoms with Crippen LogP contribution in [0.15, 0.2) is 23.4 Å². The van der Waals surface area contributed by atoms with E-state index in [2.05, 4.69) is 24.1 Å². The summed E-state index contributed by atoms with van der Waals surface area (Å²) in [7, 11) is -3.21. The third-order valence-corrected chi connectivity index (χ3v) is 4.67. The molecule has 0 spiro atoms. The molecule has 0 amide bonds. The Morgan fingerprint density at radius 2 is 1.79 bits per heavy atom. The number of pyridine rings is 1. The molecule has 1 aromatic heterocycles. The van der Waals surface area contributed by atoms with Crippen molar-refractivity contribution < 1.29 is 8.42 Å². The largest absolute Gasteiger partial charge is 0.381 e. The lowest BCUT2D eigenvalue weighted by Gasteiger charge is -2.32. The smallest absolute Gasteiger partial charge is 0.192 e. The van der Waals surface area contributed by atoms with Crippen LogP contribution >= 0.6 is 0 Å². The molecule has 0 saturated heterocycles. The Kier molecular flexibility index (Phi) is 4.13. The highest BCUT2D eigenvalue weighted by atomic mass is 32.2. The molecule has 2 rings (SSSR count). The molecule has 0 radical (unpaired) electrons. The SMILES string of the molecule is CC1CC(C)CC(Nc2ccc(S(C)(=O)=O)nc2)C1. The average Bonchev–Trinajstić information content (AvgIpc) is 2.26. The molecule has 1 N–H and O–H groups in total. The van der Waals surface area contributed by atoms with Crippen molar-refractivity contribution in [1.82, 2.24) is 4.98 Å². The Morgan fingerprint density at radius 3 is 2.26 bits per heavy atom. The molecule has 0 bridgehead atoms. The maximum absolute atomic E-state index is 11.3.